The Kier molecular flexibility index (Phi) is 16.2. The molecule has 3 heteroatoms. The highest BCUT2D eigenvalue weighted by atomic mass is 15.2. The van der Waals surface area contributed by atoms with E-state index in [-0.39, 0.29) is 12.1 Å². The number of nitrogens with zero attached hydrogens (tertiary/aromatic N) is 2. The molecule has 0 aliphatic carbocycles. The molecule has 0 bridgehead atoms. The summed E-state index contributed by atoms with van der Waals surface area (Å²) in [5.41, 5.74) is 31.1. The number of benzene rings is 20. The summed E-state index contributed by atoms with van der Waals surface area (Å²) in [5.74, 6) is 0. The van der Waals surface area contributed by atoms with Gasteiger partial charge in [-0.2, -0.15) is 0 Å². The molecule has 0 atom stereocenters. The van der Waals surface area contributed by atoms with Crippen molar-refractivity contribution in [1.29, 1.82) is 0 Å². The van der Waals surface area contributed by atoms with Crippen LogP contribution >= 0.6 is 0 Å². The molecule has 2 aliphatic heterocycles. The van der Waals surface area contributed by atoms with E-state index in [4.69, 9.17) is 0 Å². The van der Waals surface area contributed by atoms with Gasteiger partial charge in [0.2, 0.25) is 0 Å². The minimum absolute atomic E-state index is 0.0269. The summed E-state index contributed by atoms with van der Waals surface area (Å²) in [6, 6.07) is 140. The van der Waals surface area contributed by atoms with Gasteiger partial charge in [-0.1, -0.05) is 360 Å². The molecule has 20 aromatic rings. The highest BCUT2D eigenvalue weighted by Gasteiger charge is 2.43. The lowest BCUT2D eigenvalue weighted by atomic mass is 9.33. The van der Waals surface area contributed by atoms with Gasteiger partial charge in [-0.3, -0.25) is 0 Å². The number of anilines is 4. The second-order valence-electron chi connectivity index (χ2n) is 33.2. The topological polar surface area (TPSA) is 6.48 Å². The van der Waals surface area contributed by atoms with Crippen LogP contribution in [0.5, 0.6) is 0 Å². The molecule has 114 heavy (non-hydrogen) atoms. The van der Waals surface area contributed by atoms with Gasteiger partial charge in [0.25, 0.3) is 6.71 Å². The Balaban J connectivity index is 0.774. The predicted molar refractivity (Wildman–Crippen MR) is 489 cm³/mol. The summed E-state index contributed by atoms with van der Waals surface area (Å²) in [6.45, 7) is 8.32. The second kappa shape index (κ2) is 27.3. The van der Waals surface area contributed by atoms with Crippen molar-refractivity contribution in [3.8, 4) is 44.5 Å². The van der Waals surface area contributed by atoms with Gasteiger partial charge < -0.3 is 9.80 Å². The average molecular weight is 1460 g/mol. The van der Waals surface area contributed by atoms with Crippen molar-refractivity contribution in [3.05, 3.63) is 414 Å². The Hall–Kier alpha value is -13.3. The van der Waals surface area contributed by atoms with Crippen molar-refractivity contribution < 1.29 is 0 Å². The molecule has 2 nitrogen and oxygen atoms in total. The maximum Gasteiger partial charge on any atom is 0.252 e. The molecular weight excluding hydrogens is 1370 g/mol. The van der Waals surface area contributed by atoms with E-state index < -0.39 is 0 Å². The largest absolute Gasteiger partial charge is 0.342 e. The van der Waals surface area contributed by atoms with Crippen molar-refractivity contribution in [2.24, 2.45) is 0 Å². The molecule has 0 fully saturated rings. The van der Waals surface area contributed by atoms with Crippen LogP contribution in [-0.2, 0) is 37.5 Å². The smallest absolute Gasteiger partial charge is 0.252 e. The molecule has 22 rings (SSSR count). The molecule has 2 aliphatic rings. The molecule has 0 spiro atoms. The lowest BCUT2D eigenvalue weighted by Crippen LogP contribution is -2.62. The Morgan fingerprint density at radius 1 is 0.246 bits per heavy atom. The highest BCUT2D eigenvalue weighted by Crippen LogP contribution is 2.47. The van der Waals surface area contributed by atoms with Crippen LogP contribution < -0.4 is 26.2 Å². The van der Waals surface area contributed by atoms with Crippen LogP contribution in [0.15, 0.2) is 364 Å². The molecule has 2 heterocycles. The van der Waals surface area contributed by atoms with Gasteiger partial charge in [0, 0.05) is 35.8 Å². The molecule has 0 aromatic heterocycles. The van der Waals surface area contributed by atoms with Crippen molar-refractivity contribution in [2.75, 3.05) is 22.9 Å². The zero-order valence-electron chi connectivity index (χ0n) is 64.6. The predicted octanol–water partition coefficient (Wildman–Crippen LogP) is 26.4. The van der Waals surface area contributed by atoms with E-state index in [9.17, 15) is 0 Å². The SMILES string of the molecule is CC(C)(C)c1ccc(Cc2cc3c4c(c2)N(CCc2c(-c5ccccc5)cccc2-c2ccccc2)c2ccc(Cc5cc6cccc7c8cccc9cccc(c(c5)c67)c98)cc2B4c2cc(Cc4cc5cccc6c7cccc8cccc(c(c4)c56)c87)ccc2N3CCc2c(-c3ccccc3)cccc2-c2ccccc2)cc1. The van der Waals surface area contributed by atoms with Gasteiger partial charge in [0.1, 0.15) is 0 Å². The minimum Gasteiger partial charge on any atom is -0.342 e. The van der Waals surface area contributed by atoms with Crippen LogP contribution in [-0.4, -0.2) is 19.8 Å². The first-order chi connectivity index (χ1) is 56.1. The first kappa shape index (κ1) is 67.6. The van der Waals surface area contributed by atoms with Crippen LogP contribution in [0.3, 0.4) is 0 Å². The van der Waals surface area contributed by atoms with E-state index in [1.807, 2.05) is 0 Å². The maximum absolute atomic E-state index is 2.77. The standard InChI is InChI=1S/C111H83BN2/c1-111(2,3)85-52-48-71(49-53-85)60-76-69-104-110-105(70-76)114(59-57-91-88(79-28-12-6-13-29-79)40-23-41-89(91)80-30-14-7-15-31-80)103-55-51-73(62-75-64-84-37-21-45-95-93-43-17-33-82-35-19-47-97(107(82)93)99(66-75)109(84)95)68-101(103)112(110)100-67-72(61-74-63-83-36-20-44-94-92-42-16-32-81-34-18-46-96(106(81)92)98(65-74)108(83)94)50-54-102(100)113(104)58-56-90-86(77-24-8-4-9-25-77)38-22-39-87(90)78-26-10-5-11-27-78/h4-55,63-70H,56-62H2,1-3H3. The molecule has 0 amide bonds. The van der Waals surface area contributed by atoms with Crippen molar-refractivity contribution >= 4 is 132 Å². The number of hydrogen-bond acceptors (Lipinski definition) is 2. The van der Waals surface area contributed by atoms with E-state index in [2.05, 4.69) is 395 Å². The summed E-state index contributed by atoms with van der Waals surface area (Å²) >= 11 is 0. The summed E-state index contributed by atoms with van der Waals surface area (Å²) in [5, 5.41) is 21.1. The van der Waals surface area contributed by atoms with E-state index in [0.717, 1.165) is 45.2 Å². The van der Waals surface area contributed by atoms with Gasteiger partial charge >= 0.3 is 0 Å². The van der Waals surface area contributed by atoms with Gasteiger partial charge in [-0.05, 0) is 259 Å². The molecular formula is C111H83BN2. The maximum atomic E-state index is 2.77. The fraction of sp³-hybridized carbons (Fsp3) is 0.0991. The average Bonchev–Trinajstić information content (AvgIpc) is 0.704. The van der Waals surface area contributed by atoms with Crippen molar-refractivity contribution in [2.45, 2.75) is 58.3 Å². The van der Waals surface area contributed by atoms with Crippen LogP contribution in [0, 0.1) is 0 Å². The normalized spacial score (nSPS) is 12.7. The number of rotatable bonds is 16. The minimum atomic E-state index is -0.121. The summed E-state index contributed by atoms with van der Waals surface area (Å²) in [7, 11) is 0. The van der Waals surface area contributed by atoms with Crippen molar-refractivity contribution in [1.82, 2.24) is 0 Å². The molecule has 0 N–H and O–H groups in total. The van der Waals surface area contributed by atoms with Gasteiger partial charge in [0.15, 0.2) is 0 Å². The third kappa shape index (κ3) is 11.5. The zero-order valence-corrected chi connectivity index (χ0v) is 64.6. The molecule has 0 unspecified atom stereocenters. The van der Waals surface area contributed by atoms with E-state index in [0.29, 0.717) is 0 Å². The molecule has 0 radical (unpaired) electrons. The fourth-order valence-electron chi connectivity index (χ4n) is 20.3. The monoisotopic (exact) mass is 1450 g/mol. The Morgan fingerprint density at radius 2 is 0.561 bits per heavy atom. The quantitative estimate of drug-likeness (QED) is 0.0540. The Bertz CT molecular complexity index is 6640. The second-order valence-corrected chi connectivity index (χ2v) is 33.2. The third-order valence-electron chi connectivity index (χ3n) is 25.4. The van der Waals surface area contributed by atoms with E-state index >= 15 is 0 Å². The number of fused-ring (bicyclic) bond motifs is 8. The first-order valence-electron chi connectivity index (χ1n) is 40.8. The molecule has 540 valence electrons. The molecule has 0 saturated heterocycles. The lowest BCUT2D eigenvalue weighted by Gasteiger charge is -2.45. The van der Waals surface area contributed by atoms with Gasteiger partial charge in [-0.25, -0.2) is 0 Å². The van der Waals surface area contributed by atoms with Crippen LogP contribution in [0.25, 0.3) is 131 Å². The van der Waals surface area contributed by atoms with Crippen LogP contribution in [0.1, 0.15) is 70.8 Å². The Labute approximate surface area is 667 Å². The van der Waals surface area contributed by atoms with Gasteiger partial charge in [-0.15, -0.1) is 0 Å². The summed E-state index contributed by atoms with van der Waals surface area (Å²) < 4.78 is 0. The first-order valence-corrected chi connectivity index (χ1v) is 40.8. The van der Waals surface area contributed by atoms with Crippen LogP contribution in [0.2, 0.25) is 0 Å². The lowest BCUT2D eigenvalue weighted by molar-refractivity contribution is 0.590. The zero-order chi connectivity index (χ0) is 75.7. The van der Waals surface area contributed by atoms with E-state index in [1.54, 1.807) is 0 Å². The highest BCUT2D eigenvalue weighted by molar-refractivity contribution is 7.00. The molecule has 20 aromatic carbocycles. The Morgan fingerprint density at radius 3 is 0.930 bits per heavy atom. The fourth-order valence-corrected chi connectivity index (χ4v) is 20.3. The number of hydrogen-bond donors (Lipinski definition) is 0. The van der Waals surface area contributed by atoms with Crippen LogP contribution in [0.4, 0.5) is 22.7 Å². The summed E-state index contributed by atoms with van der Waals surface area (Å²) in [6.07, 6.45) is 3.92. The third-order valence-corrected chi connectivity index (χ3v) is 25.4. The van der Waals surface area contributed by atoms with E-state index in [1.165, 1.54) is 220 Å². The molecule has 0 saturated carbocycles. The van der Waals surface area contributed by atoms with Gasteiger partial charge in [0.05, 0.1) is 0 Å². The van der Waals surface area contributed by atoms with Crippen molar-refractivity contribution in [3.63, 3.8) is 0 Å². The summed E-state index contributed by atoms with van der Waals surface area (Å²) in [4.78, 5) is 5.55.